The van der Waals surface area contributed by atoms with Crippen LogP contribution in [0.5, 0.6) is 0 Å². The van der Waals surface area contributed by atoms with Crippen LogP contribution in [0.25, 0.3) is 22.2 Å². The number of hydrazone groups is 1. The van der Waals surface area contributed by atoms with Crippen LogP contribution in [0.15, 0.2) is 53.6 Å². The molecule has 1 amide bonds. The Morgan fingerprint density at radius 2 is 1.62 bits per heavy atom. The molecule has 0 aliphatic heterocycles. The van der Waals surface area contributed by atoms with Gasteiger partial charge in [-0.25, -0.2) is 10.4 Å². The number of nitrogens with one attached hydrogen (secondary N) is 1. The Bertz CT molecular complexity index is 1290. The summed E-state index contributed by atoms with van der Waals surface area (Å²) in [5.41, 5.74) is 10.0. The number of aryl methyl sites for hydroxylation is 2. The fraction of sp³-hybridized carbons (Fsp3) is 0.433. The highest BCUT2D eigenvalue weighted by Gasteiger charge is 2.52. The Balaban J connectivity index is 1.32. The molecule has 7 rings (SSSR count). The lowest BCUT2D eigenvalue weighted by Gasteiger charge is -2.56. The average Bonchev–Trinajstić information content (AvgIpc) is 2.82. The molecule has 0 unspecified atom stereocenters. The summed E-state index contributed by atoms with van der Waals surface area (Å²) in [6, 6.07) is 16.1. The quantitative estimate of drug-likeness (QED) is 0.349. The molecule has 4 aliphatic rings. The van der Waals surface area contributed by atoms with Crippen molar-refractivity contribution in [2.75, 3.05) is 0 Å². The molecule has 0 radical (unpaired) electrons. The van der Waals surface area contributed by atoms with Crippen LogP contribution in [0.2, 0.25) is 0 Å². The lowest BCUT2D eigenvalue weighted by molar-refractivity contribution is -0.0128. The van der Waals surface area contributed by atoms with E-state index in [4.69, 9.17) is 10.1 Å². The predicted molar refractivity (Wildman–Crippen MR) is 138 cm³/mol. The van der Waals surface area contributed by atoms with E-state index in [1.165, 1.54) is 49.7 Å². The molecule has 3 aromatic rings. The molecule has 4 heteroatoms. The van der Waals surface area contributed by atoms with Gasteiger partial charge in [-0.15, -0.1) is 0 Å². The number of nitrogens with zero attached hydrogens (tertiary/aromatic N) is 2. The molecule has 0 atom stereocenters. The molecule has 2 aromatic carbocycles. The normalized spacial score (nSPS) is 27.9. The maximum Gasteiger partial charge on any atom is 0.272 e. The van der Waals surface area contributed by atoms with Crippen LogP contribution < -0.4 is 5.43 Å². The number of para-hydroxylation sites is 1. The van der Waals surface area contributed by atoms with Crippen molar-refractivity contribution in [1.29, 1.82) is 0 Å². The highest BCUT2D eigenvalue weighted by molar-refractivity contribution is 6.07. The monoisotopic (exact) mass is 451 g/mol. The van der Waals surface area contributed by atoms with Crippen LogP contribution in [0.1, 0.15) is 66.9 Å². The number of carbonyl (C=O) groups excluding carboxylic acids is 1. The lowest BCUT2D eigenvalue weighted by atomic mass is 9.48. The number of rotatable bonds is 4. The molecule has 4 aliphatic carbocycles. The molecule has 4 nitrogen and oxygen atoms in total. The first-order valence-electron chi connectivity index (χ1n) is 12.7. The minimum absolute atomic E-state index is 0.159. The van der Waals surface area contributed by atoms with E-state index in [2.05, 4.69) is 44.4 Å². The number of amides is 1. The number of hydrogen-bond acceptors (Lipinski definition) is 3. The van der Waals surface area contributed by atoms with E-state index < -0.39 is 0 Å². The Morgan fingerprint density at radius 3 is 2.29 bits per heavy atom. The van der Waals surface area contributed by atoms with Gasteiger partial charge in [0.15, 0.2) is 0 Å². The minimum Gasteiger partial charge on any atom is -0.267 e. The standard InChI is InChI=1S/C30H33N3O/c1-18-8-9-24(10-19(18)2)28-14-26(25-6-4-5-7-27(25)31-28)29(34)33-32-20(3)30-15-21-11-22(16-30)13-23(12-21)17-30/h4-10,14,21-23H,11-13,15-17H2,1-3H3,(H,33,34)/b32-20+. The Labute approximate surface area is 201 Å². The third-order valence-electron chi connectivity index (χ3n) is 8.89. The van der Waals surface area contributed by atoms with Gasteiger partial charge in [0.2, 0.25) is 0 Å². The second-order valence-corrected chi connectivity index (χ2v) is 11.2. The number of carbonyl (C=O) groups is 1. The zero-order valence-electron chi connectivity index (χ0n) is 20.4. The molecule has 34 heavy (non-hydrogen) atoms. The summed E-state index contributed by atoms with van der Waals surface area (Å²) in [5.74, 6) is 2.41. The summed E-state index contributed by atoms with van der Waals surface area (Å²) >= 11 is 0. The van der Waals surface area contributed by atoms with Gasteiger partial charge in [0.25, 0.3) is 5.91 Å². The van der Waals surface area contributed by atoms with E-state index >= 15 is 0 Å². The second-order valence-electron chi connectivity index (χ2n) is 11.2. The third kappa shape index (κ3) is 3.64. The minimum atomic E-state index is -0.159. The Hall–Kier alpha value is -3.01. The SMILES string of the molecule is C/C(=N\NC(=O)c1cc(-c2ccc(C)c(C)c2)nc2ccccc12)C12CC3CC(CC(C3)C1)C2. The fourth-order valence-electron chi connectivity index (χ4n) is 7.28. The zero-order valence-corrected chi connectivity index (χ0v) is 20.4. The van der Waals surface area contributed by atoms with Gasteiger partial charge < -0.3 is 0 Å². The average molecular weight is 452 g/mol. The molecule has 4 bridgehead atoms. The number of hydrogen-bond donors (Lipinski definition) is 1. The second kappa shape index (κ2) is 8.04. The molecule has 4 fully saturated rings. The van der Waals surface area contributed by atoms with Gasteiger partial charge in [0.05, 0.1) is 16.8 Å². The van der Waals surface area contributed by atoms with E-state index in [1.807, 2.05) is 30.3 Å². The van der Waals surface area contributed by atoms with Crippen LogP contribution in [0.4, 0.5) is 0 Å². The van der Waals surface area contributed by atoms with Crippen molar-refractivity contribution in [3.05, 3.63) is 65.2 Å². The van der Waals surface area contributed by atoms with Gasteiger partial charge in [-0.3, -0.25) is 4.79 Å². The summed E-state index contributed by atoms with van der Waals surface area (Å²) in [6.45, 7) is 6.35. The molecule has 0 spiro atoms. The molecule has 1 heterocycles. The van der Waals surface area contributed by atoms with Crippen molar-refractivity contribution < 1.29 is 4.79 Å². The maximum absolute atomic E-state index is 13.4. The number of pyridine rings is 1. The number of benzene rings is 2. The van der Waals surface area contributed by atoms with Crippen molar-refractivity contribution in [2.24, 2.45) is 28.3 Å². The Kier molecular flexibility index (Phi) is 5.09. The number of fused-ring (bicyclic) bond motifs is 1. The van der Waals surface area contributed by atoms with Crippen LogP contribution >= 0.6 is 0 Å². The lowest BCUT2D eigenvalue weighted by Crippen LogP contribution is -2.49. The smallest absolute Gasteiger partial charge is 0.267 e. The van der Waals surface area contributed by atoms with Gasteiger partial charge in [-0.2, -0.15) is 5.10 Å². The van der Waals surface area contributed by atoms with Gasteiger partial charge >= 0.3 is 0 Å². The summed E-state index contributed by atoms with van der Waals surface area (Å²) in [5, 5.41) is 5.58. The molecule has 1 aromatic heterocycles. The van der Waals surface area contributed by atoms with Crippen molar-refractivity contribution in [3.63, 3.8) is 0 Å². The molecule has 0 saturated heterocycles. The molecule has 1 N–H and O–H groups in total. The summed E-state index contributed by atoms with van der Waals surface area (Å²) in [4.78, 5) is 18.3. The van der Waals surface area contributed by atoms with Gasteiger partial charge in [0.1, 0.15) is 0 Å². The first kappa shape index (κ1) is 21.5. The van der Waals surface area contributed by atoms with Crippen LogP contribution in [-0.4, -0.2) is 16.6 Å². The van der Waals surface area contributed by atoms with Crippen molar-refractivity contribution >= 4 is 22.5 Å². The molecular formula is C30H33N3O. The number of aromatic nitrogens is 1. The molecule has 174 valence electrons. The molecule has 4 saturated carbocycles. The largest absolute Gasteiger partial charge is 0.272 e. The van der Waals surface area contributed by atoms with E-state index in [0.717, 1.165) is 45.6 Å². The van der Waals surface area contributed by atoms with Crippen molar-refractivity contribution in [1.82, 2.24) is 10.4 Å². The molecular weight excluding hydrogens is 418 g/mol. The van der Waals surface area contributed by atoms with Gasteiger partial charge in [-0.1, -0.05) is 30.3 Å². The van der Waals surface area contributed by atoms with Crippen molar-refractivity contribution in [3.8, 4) is 11.3 Å². The summed E-state index contributed by atoms with van der Waals surface area (Å²) in [6.07, 6.45) is 7.97. The van der Waals surface area contributed by atoms with Crippen LogP contribution in [0, 0.1) is 37.0 Å². The van der Waals surface area contributed by atoms with Gasteiger partial charge in [0, 0.05) is 22.1 Å². The van der Waals surface area contributed by atoms with Crippen molar-refractivity contribution in [2.45, 2.75) is 59.3 Å². The third-order valence-corrected chi connectivity index (χ3v) is 8.89. The van der Waals surface area contributed by atoms with E-state index in [-0.39, 0.29) is 11.3 Å². The highest BCUT2D eigenvalue weighted by atomic mass is 16.2. The zero-order chi connectivity index (χ0) is 23.4. The van der Waals surface area contributed by atoms with Gasteiger partial charge in [-0.05, 0) is 106 Å². The van der Waals surface area contributed by atoms with Crippen LogP contribution in [0.3, 0.4) is 0 Å². The first-order valence-corrected chi connectivity index (χ1v) is 12.7. The van der Waals surface area contributed by atoms with E-state index in [1.54, 1.807) is 0 Å². The first-order chi connectivity index (χ1) is 16.4. The van der Waals surface area contributed by atoms with E-state index in [9.17, 15) is 4.79 Å². The highest BCUT2D eigenvalue weighted by Crippen LogP contribution is 2.60. The Morgan fingerprint density at radius 1 is 0.941 bits per heavy atom. The summed E-state index contributed by atoms with van der Waals surface area (Å²) in [7, 11) is 0. The van der Waals surface area contributed by atoms with Crippen LogP contribution in [-0.2, 0) is 0 Å². The summed E-state index contributed by atoms with van der Waals surface area (Å²) < 4.78 is 0. The fourth-order valence-corrected chi connectivity index (χ4v) is 7.28. The maximum atomic E-state index is 13.4. The van der Waals surface area contributed by atoms with E-state index in [0.29, 0.717) is 5.56 Å². The predicted octanol–water partition coefficient (Wildman–Crippen LogP) is 6.84. The topological polar surface area (TPSA) is 54.4 Å².